The van der Waals surface area contributed by atoms with Crippen LogP contribution in [-0.2, 0) is 0 Å². The fourth-order valence-electron chi connectivity index (χ4n) is 1.58. The van der Waals surface area contributed by atoms with Gasteiger partial charge in [0.2, 0.25) is 0 Å². The van der Waals surface area contributed by atoms with Crippen molar-refractivity contribution in [2.75, 3.05) is 11.1 Å². The van der Waals surface area contributed by atoms with Gasteiger partial charge in [0.15, 0.2) is 0 Å². The zero-order chi connectivity index (χ0) is 12.3. The Morgan fingerprint density at radius 2 is 2.35 bits per heavy atom. The molecule has 5 nitrogen and oxygen atoms in total. The normalized spacial score (nSPS) is 11.8. The van der Waals surface area contributed by atoms with E-state index < -0.39 is 0 Å². The third kappa shape index (κ3) is 2.37. The van der Waals surface area contributed by atoms with Crippen molar-refractivity contribution in [3.05, 3.63) is 41.7 Å². The Hall–Kier alpha value is -2.48. The predicted octanol–water partition coefficient (Wildman–Crippen LogP) is 2.04. The molecule has 1 atom stereocenters. The van der Waals surface area contributed by atoms with E-state index in [1.807, 2.05) is 19.2 Å². The number of nitrogens with two attached hydrogens (primary N) is 1. The number of nitrogens with one attached hydrogen (secondary N) is 2. The van der Waals surface area contributed by atoms with Crippen molar-refractivity contribution in [1.82, 2.24) is 10.2 Å². The van der Waals surface area contributed by atoms with Gasteiger partial charge >= 0.3 is 0 Å². The number of hydrogen-bond donors (Lipinski definition) is 3. The number of nitriles is 1. The largest absolute Gasteiger partial charge is 0.397 e. The number of benzene rings is 1. The van der Waals surface area contributed by atoms with Gasteiger partial charge in [-0.2, -0.15) is 10.4 Å². The predicted molar refractivity (Wildman–Crippen MR) is 66.2 cm³/mol. The summed E-state index contributed by atoms with van der Waals surface area (Å²) in [5.41, 5.74) is 8.86. The minimum Gasteiger partial charge on any atom is -0.397 e. The number of aromatic amines is 1. The molecule has 2 aromatic rings. The van der Waals surface area contributed by atoms with E-state index in [2.05, 4.69) is 21.6 Å². The van der Waals surface area contributed by atoms with Crippen LogP contribution < -0.4 is 11.1 Å². The number of hydrogen-bond acceptors (Lipinski definition) is 4. The van der Waals surface area contributed by atoms with Crippen molar-refractivity contribution in [2.24, 2.45) is 0 Å². The van der Waals surface area contributed by atoms with Crippen LogP contribution in [0.3, 0.4) is 0 Å². The number of nitrogen functional groups attached to an aromatic ring is 1. The molecule has 0 radical (unpaired) electrons. The Labute approximate surface area is 99.3 Å². The zero-order valence-corrected chi connectivity index (χ0v) is 9.44. The van der Waals surface area contributed by atoms with Crippen molar-refractivity contribution in [3.8, 4) is 6.07 Å². The maximum Gasteiger partial charge on any atom is 0.0992 e. The number of aromatic nitrogens is 2. The Morgan fingerprint density at radius 3 is 2.94 bits per heavy atom. The third-order valence-electron chi connectivity index (χ3n) is 2.57. The highest BCUT2D eigenvalue weighted by atomic mass is 15.1. The quantitative estimate of drug-likeness (QED) is 0.700. The molecule has 5 heteroatoms. The first kappa shape index (κ1) is 11.0. The van der Waals surface area contributed by atoms with Crippen LogP contribution in [0.1, 0.15) is 24.1 Å². The lowest BCUT2D eigenvalue weighted by molar-refractivity contribution is 0.887. The van der Waals surface area contributed by atoms with E-state index in [4.69, 9.17) is 11.0 Å². The Balaban J connectivity index is 2.17. The first-order chi connectivity index (χ1) is 8.20. The fraction of sp³-hybridized carbons (Fsp3) is 0.167. The maximum absolute atomic E-state index is 8.75. The van der Waals surface area contributed by atoms with Crippen LogP contribution in [0.4, 0.5) is 11.4 Å². The molecule has 17 heavy (non-hydrogen) atoms. The van der Waals surface area contributed by atoms with E-state index >= 15 is 0 Å². The van der Waals surface area contributed by atoms with Crippen molar-refractivity contribution >= 4 is 11.4 Å². The molecule has 0 aliphatic carbocycles. The summed E-state index contributed by atoms with van der Waals surface area (Å²) >= 11 is 0. The highest BCUT2D eigenvalue weighted by Crippen LogP contribution is 2.24. The van der Waals surface area contributed by atoms with Gasteiger partial charge < -0.3 is 11.1 Å². The summed E-state index contributed by atoms with van der Waals surface area (Å²) in [5, 5.41) is 18.7. The van der Waals surface area contributed by atoms with Crippen LogP contribution in [0.2, 0.25) is 0 Å². The van der Waals surface area contributed by atoms with Gasteiger partial charge in [0.1, 0.15) is 0 Å². The van der Waals surface area contributed by atoms with E-state index in [9.17, 15) is 0 Å². The molecule has 1 heterocycles. The molecule has 1 aromatic carbocycles. The number of nitrogens with zero attached hydrogens (tertiary/aromatic N) is 2. The third-order valence-corrected chi connectivity index (χ3v) is 2.57. The van der Waals surface area contributed by atoms with Gasteiger partial charge in [0.25, 0.3) is 0 Å². The van der Waals surface area contributed by atoms with Crippen LogP contribution in [0, 0.1) is 11.3 Å². The van der Waals surface area contributed by atoms with E-state index in [-0.39, 0.29) is 6.04 Å². The Bertz CT molecular complexity index is 539. The average Bonchev–Trinajstić information content (AvgIpc) is 2.85. The van der Waals surface area contributed by atoms with Gasteiger partial charge in [-0.25, -0.2) is 0 Å². The molecular weight excluding hydrogens is 214 g/mol. The molecule has 0 amide bonds. The molecule has 0 bridgehead atoms. The van der Waals surface area contributed by atoms with Crippen LogP contribution in [0.5, 0.6) is 0 Å². The molecule has 4 N–H and O–H groups in total. The summed E-state index contributed by atoms with van der Waals surface area (Å²) in [4.78, 5) is 0. The molecule has 0 saturated heterocycles. The first-order valence-corrected chi connectivity index (χ1v) is 5.25. The Kier molecular flexibility index (Phi) is 2.97. The number of H-pyrrole nitrogens is 1. The molecule has 0 aliphatic rings. The van der Waals surface area contributed by atoms with Gasteiger partial charge in [0, 0.05) is 11.8 Å². The van der Waals surface area contributed by atoms with Gasteiger partial charge in [0.05, 0.1) is 35.2 Å². The van der Waals surface area contributed by atoms with Crippen molar-refractivity contribution in [2.45, 2.75) is 13.0 Å². The van der Waals surface area contributed by atoms with Gasteiger partial charge in [-0.05, 0) is 25.1 Å². The second-order valence-corrected chi connectivity index (χ2v) is 3.81. The fourth-order valence-corrected chi connectivity index (χ4v) is 1.58. The minimum absolute atomic E-state index is 0.101. The van der Waals surface area contributed by atoms with Crippen LogP contribution in [-0.4, -0.2) is 10.2 Å². The summed E-state index contributed by atoms with van der Waals surface area (Å²) in [7, 11) is 0. The SMILES string of the molecule is CC(Nc1ccc(C#N)cc1N)c1cn[nH]c1. The Morgan fingerprint density at radius 1 is 1.53 bits per heavy atom. The lowest BCUT2D eigenvalue weighted by atomic mass is 10.1. The van der Waals surface area contributed by atoms with Gasteiger partial charge in [-0.15, -0.1) is 0 Å². The highest BCUT2D eigenvalue weighted by Gasteiger charge is 2.08. The van der Waals surface area contributed by atoms with E-state index in [0.29, 0.717) is 11.3 Å². The highest BCUT2D eigenvalue weighted by molar-refractivity contribution is 5.68. The lowest BCUT2D eigenvalue weighted by Crippen LogP contribution is -2.07. The maximum atomic E-state index is 8.75. The summed E-state index contributed by atoms with van der Waals surface area (Å²) < 4.78 is 0. The van der Waals surface area contributed by atoms with Gasteiger partial charge in [-0.1, -0.05) is 0 Å². The second-order valence-electron chi connectivity index (χ2n) is 3.81. The monoisotopic (exact) mass is 227 g/mol. The number of anilines is 2. The molecule has 0 saturated carbocycles. The topological polar surface area (TPSA) is 90.5 Å². The summed E-state index contributed by atoms with van der Waals surface area (Å²) in [5.74, 6) is 0. The second kappa shape index (κ2) is 4.58. The lowest BCUT2D eigenvalue weighted by Gasteiger charge is -2.15. The molecule has 1 unspecified atom stereocenters. The van der Waals surface area contributed by atoms with Crippen molar-refractivity contribution < 1.29 is 0 Å². The van der Waals surface area contributed by atoms with E-state index in [1.165, 1.54) is 0 Å². The molecule has 0 aliphatic heterocycles. The van der Waals surface area contributed by atoms with Crippen LogP contribution >= 0.6 is 0 Å². The van der Waals surface area contributed by atoms with Crippen LogP contribution in [0.15, 0.2) is 30.6 Å². The summed E-state index contributed by atoms with van der Waals surface area (Å²) in [6, 6.07) is 7.36. The van der Waals surface area contributed by atoms with E-state index in [0.717, 1.165) is 11.3 Å². The molecule has 0 spiro atoms. The molecule has 2 rings (SSSR count). The van der Waals surface area contributed by atoms with Crippen molar-refractivity contribution in [1.29, 1.82) is 5.26 Å². The van der Waals surface area contributed by atoms with Crippen LogP contribution in [0.25, 0.3) is 0 Å². The number of rotatable bonds is 3. The summed E-state index contributed by atoms with van der Waals surface area (Å²) in [6.45, 7) is 2.02. The van der Waals surface area contributed by atoms with Gasteiger partial charge in [-0.3, -0.25) is 5.10 Å². The summed E-state index contributed by atoms with van der Waals surface area (Å²) in [6.07, 6.45) is 3.59. The average molecular weight is 227 g/mol. The minimum atomic E-state index is 0.101. The standard InChI is InChI=1S/C12H13N5/c1-8(10-6-15-16-7-10)17-12-3-2-9(5-13)4-11(12)14/h2-4,6-8,17H,14H2,1H3,(H,15,16). The molecular formula is C12H13N5. The van der Waals surface area contributed by atoms with E-state index in [1.54, 1.807) is 18.3 Å². The zero-order valence-electron chi connectivity index (χ0n) is 9.44. The molecule has 86 valence electrons. The molecule has 1 aromatic heterocycles. The van der Waals surface area contributed by atoms with Crippen molar-refractivity contribution in [3.63, 3.8) is 0 Å². The first-order valence-electron chi connectivity index (χ1n) is 5.25. The molecule has 0 fully saturated rings. The smallest absolute Gasteiger partial charge is 0.0992 e.